The Morgan fingerprint density at radius 2 is 2.05 bits per heavy atom. The van der Waals surface area contributed by atoms with E-state index in [1.165, 1.54) is 30.6 Å². The molecule has 1 N–H and O–H groups in total. The summed E-state index contributed by atoms with van der Waals surface area (Å²) >= 11 is 0. The van der Waals surface area contributed by atoms with Crippen molar-refractivity contribution < 1.29 is 27.8 Å². The number of carboxylic acid groups (broad SMARTS) is 1. The van der Waals surface area contributed by atoms with Gasteiger partial charge in [-0.3, -0.25) is 9.48 Å². The van der Waals surface area contributed by atoms with E-state index in [1.807, 2.05) is 0 Å². The van der Waals surface area contributed by atoms with Gasteiger partial charge in [-0.2, -0.15) is 18.3 Å². The van der Waals surface area contributed by atoms with Gasteiger partial charge < -0.3 is 9.84 Å². The summed E-state index contributed by atoms with van der Waals surface area (Å²) in [6, 6.07) is 5.09. The lowest BCUT2D eigenvalue weighted by atomic mass is 10.1. The van der Waals surface area contributed by atoms with Gasteiger partial charge in [0, 0.05) is 5.56 Å². The fraction of sp³-hybridized carbons (Fsp3) is 0.231. The van der Waals surface area contributed by atoms with E-state index in [9.17, 15) is 18.0 Å². The molecule has 5 nitrogen and oxygen atoms in total. The number of hydrogen-bond acceptors (Lipinski definition) is 3. The Hall–Kier alpha value is -2.51. The molecule has 0 aliphatic carbocycles. The molecule has 2 rings (SSSR count). The fourth-order valence-electron chi connectivity index (χ4n) is 1.73. The molecule has 21 heavy (non-hydrogen) atoms. The van der Waals surface area contributed by atoms with Gasteiger partial charge in [0.25, 0.3) is 0 Å². The molecule has 0 aliphatic rings. The molecule has 112 valence electrons. The van der Waals surface area contributed by atoms with Gasteiger partial charge in [0.05, 0.1) is 18.0 Å². The van der Waals surface area contributed by atoms with Gasteiger partial charge in [-0.25, -0.2) is 0 Å². The zero-order chi connectivity index (χ0) is 15.5. The van der Waals surface area contributed by atoms with E-state index in [0.717, 1.165) is 10.7 Å². The average Bonchev–Trinajstić information content (AvgIpc) is 2.82. The van der Waals surface area contributed by atoms with Crippen LogP contribution >= 0.6 is 0 Å². The number of aromatic nitrogens is 2. The monoisotopic (exact) mass is 300 g/mol. The molecule has 1 aromatic heterocycles. The first-order valence-electron chi connectivity index (χ1n) is 5.88. The van der Waals surface area contributed by atoms with Crippen molar-refractivity contribution in [2.24, 2.45) is 0 Å². The number of ether oxygens (including phenoxy) is 1. The predicted molar refractivity (Wildman–Crippen MR) is 65.6 cm³/mol. The Balaban J connectivity index is 2.07. The van der Waals surface area contributed by atoms with Crippen LogP contribution in [0.3, 0.4) is 0 Å². The standard InChI is InChI=1S/C13H11F3N2O3/c14-13(15,16)11-4-2-1-3-9(11)8-21-10-5-17-18(6-10)7-12(19)20/h1-6H,7-8H2,(H,19,20). The Morgan fingerprint density at radius 3 is 2.71 bits per heavy atom. The molecular formula is C13H11F3N2O3. The highest BCUT2D eigenvalue weighted by Crippen LogP contribution is 2.32. The Bertz CT molecular complexity index is 638. The number of carboxylic acids is 1. The van der Waals surface area contributed by atoms with Crippen molar-refractivity contribution in [2.75, 3.05) is 0 Å². The van der Waals surface area contributed by atoms with Crippen LogP contribution in [0.2, 0.25) is 0 Å². The highest BCUT2D eigenvalue weighted by atomic mass is 19.4. The quantitative estimate of drug-likeness (QED) is 0.921. The summed E-state index contributed by atoms with van der Waals surface area (Å²) in [6.07, 6.45) is -1.89. The molecule has 1 aromatic carbocycles. The van der Waals surface area contributed by atoms with Crippen LogP contribution in [0.1, 0.15) is 11.1 Å². The Morgan fingerprint density at radius 1 is 1.33 bits per heavy atom. The number of nitrogens with zero attached hydrogens (tertiary/aromatic N) is 2. The van der Waals surface area contributed by atoms with E-state index < -0.39 is 17.7 Å². The zero-order valence-corrected chi connectivity index (χ0v) is 10.7. The molecule has 0 unspecified atom stereocenters. The molecule has 0 amide bonds. The van der Waals surface area contributed by atoms with Gasteiger partial charge in [-0.05, 0) is 6.07 Å². The van der Waals surface area contributed by atoms with Gasteiger partial charge in [-0.15, -0.1) is 0 Å². The number of carbonyl (C=O) groups is 1. The largest absolute Gasteiger partial charge is 0.486 e. The zero-order valence-electron chi connectivity index (χ0n) is 10.7. The van der Waals surface area contributed by atoms with Crippen molar-refractivity contribution in [3.63, 3.8) is 0 Å². The second-order valence-electron chi connectivity index (χ2n) is 4.21. The van der Waals surface area contributed by atoms with Gasteiger partial charge in [0.1, 0.15) is 13.2 Å². The molecule has 1 heterocycles. The number of alkyl halides is 3. The number of halogens is 3. The van der Waals surface area contributed by atoms with E-state index in [4.69, 9.17) is 9.84 Å². The van der Waals surface area contributed by atoms with E-state index in [1.54, 1.807) is 0 Å². The number of benzene rings is 1. The summed E-state index contributed by atoms with van der Waals surface area (Å²) in [5, 5.41) is 12.3. The first-order valence-corrected chi connectivity index (χ1v) is 5.88. The van der Waals surface area contributed by atoms with Crippen LogP contribution in [-0.4, -0.2) is 20.9 Å². The topological polar surface area (TPSA) is 64.3 Å². The second-order valence-corrected chi connectivity index (χ2v) is 4.21. The third-order valence-corrected chi connectivity index (χ3v) is 2.62. The molecule has 0 atom stereocenters. The minimum absolute atomic E-state index is 0.00372. The maximum Gasteiger partial charge on any atom is 0.416 e. The van der Waals surface area contributed by atoms with Gasteiger partial charge in [0.15, 0.2) is 5.75 Å². The van der Waals surface area contributed by atoms with Crippen LogP contribution in [0.4, 0.5) is 13.2 Å². The lowest BCUT2D eigenvalue weighted by Gasteiger charge is -2.12. The highest BCUT2D eigenvalue weighted by molar-refractivity contribution is 5.66. The molecule has 0 aliphatic heterocycles. The van der Waals surface area contributed by atoms with Crippen LogP contribution in [-0.2, 0) is 24.1 Å². The van der Waals surface area contributed by atoms with E-state index >= 15 is 0 Å². The third-order valence-electron chi connectivity index (χ3n) is 2.62. The number of rotatable bonds is 5. The van der Waals surface area contributed by atoms with E-state index in [0.29, 0.717) is 0 Å². The first kappa shape index (κ1) is 14.9. The van der Waals surface area contributed by atoms with Crippen molar-refractivity contribution in [3.05, 3.63) is 47.8 Å². The maximum atomic E-state index is 12.8. The first-order chi connectivity index (χ1) is 9.86. The molecule has 0 radical (unpaired) electrons. The van der Waals surface area contributed by atoms with Gasteiger partial charge in [0.2, 0.25) is 0 Å². The van der Waals surface area contributed by atoms with Crippen LogP contribution < -0.4 is 4.74 Å². The number of hydrogen-bond donors (Lipinski definition) is 1. The minimum atomic E-state index is -4.45. The van der Waals surface area contributed by atoms with Gasteiger partial charge >= 0.3 is 12.1 Å². The van der Waals surface area contributed by atoms with Crippen LogP contribution in [0, 0.1) is 0 Å². The summed E-state index contributed by atoms with van der Waals surface area (Å²) in [4.78, 5) is 10.5. The predicted octanol–water partition coefficient (Wildman–Crippen LogP) is 2.57. The number of aliphatic carboxylic acids is 1. The van der Waals surface area contributed by atoms with E-state index in [-0.39, 0.29) is 24.5 Å². The van der Waals surface area contributed by atoms with Crippen molar-refractivity contribution >= 4 is 5.97 Å². The summed E-state index contributed by atoms with van der Waals surface area (Å²) < 4.78 is 44.7. The molecule has 0 saturated heterocycles. The van der Waals surface area contributed by atoms with Crippen molar-refractivity contribution in [3.8, 4) is 5.75 Å². The Labute approximate surface area is 117 Å². The summed E-state index contributed by atoms with van der Waals surface area (Å²) in [5.41, 5.74) is -0.765. The molecule has 0 bridgehead atoms. The van der Waals surface area contributed by atoms with Crippen molar-refractivity contribution in [2.45, 2.75) is 19.3 Å². The molecule has 8 heteroatoms. The van der Waals surface area contributed by atoms with Gasteiger partial charge in [-0.1, -0.05) is 18.2 Å². The van der Waals surface area contributed by atoms with Crippen molar-refractivity contribution in [1.82, 2.24) is 9.78 Å². The SMILES string of the molecule is O=C(O)Cn1cc(OCc2ccccc2C(F)(F)F)cn1. The van der Waals surface area contributed by atoms with Crippen LogP contribution in [0.25, 0.3) is 0 Å². The molecule has 2 aromatic rings. The lowest BCUT2D eigenvalue weighted by molar-refractivity contribution is -0.139. The lowest BCUT2D eigenvalue weighted by Crippen LogP contribution is -2.10. The van der Waals surface area contributed by atoms with E-state index in [2.05, 4.69) is 5.10 Å². The molecule has 0 saturated carbocycles. The normalized spacial score (nSPS) is 11.4. The summed E-state index contributed by atoms with van der Waals surface area (Å²) in [6.45, 7) is -0.628. The average molecular weight is 300 g/mol. The molecular weight excluding hydrogens is 289 g/mol. The maximum absolute atomic E-state index is 12.8. The van der Waals surface area contributed by atoms with Crippen LogP contribution in [0.15, 0.2) is 36.7 Å². The third kappa shape index (κ3) is 3.98. The smallest absolute Gasteiger partial charge is 0.416 e. The molecule has 0 fully saturated rings. The molecule has 0 spiro atoms. The minimum Gasteiger partial charge on any atom is -0.486 e. The van der Waals surface area contributed by atoms with Crippen LogP contribution in [0.5, 0.6) is 5.75 Å². The van der Waals surface area contributed by atoms with Crippen molar-refractivity contribution in [1.29, 1.82) is 0 Å². The highest BCUT2D eigenvalue weighted by Gasteiger charge is 2.32. The summed E-state index contributed by atoms with van der Waals surface area (Å²) in [7, 11) is 0. The Kier molecular flexibility index (Phi) is 4.15. The summed E-state index contributed by atoms with van der Waals surface area (Å²) in [5.74, 6) is -0.875. The second kappa shape index (κ2) is 5.86. The fourth-order valence-corrected chi connectivity index (χ4v) is 1.73.